The number of hydrogen-bond donors (Lipinski definition) is 1. The number of ketones is 1. The van der Waals surface area contributed by atoms with Crippen molar-refractivity contribution < 1.29 is 9.18 Å². The first-order valence-electron chi connectivity index (χ1n) is 5.29. The Balaban J connectivity index is 2.52. The fraction of sp³-hybridized carbons (Fsp3) is 0.417. The number of carbonyl (C=O) groups excluding carboxylic acids is 1. The van der Waals surface area contributed by atoms with E-state index < -0.39 is 0 Å². The van der Waals surface area contributed by atoms with Crippen molar-refractivity contribution in [2.24, 2.45) is 5.73 Å². The molecule has 2 N–H and O–H groups in total. The molecule has 0 bridgehead atoms. The number of nitrogens with two attached hydrogens (primary N) is 1. The molecule has 0 aromatic heterocycles. The van der Waals surface area contributed by atoms with E-state index in [-0.39, 0.29) is 18.0 Å². The molecule has 1 aromatic rings. The van der Waals surface area contributed by atoms with Crippen molar-refractivity contribution in [1.29, 1.82) is 0 Å². The molecule has 0 unspecified atom stereocenters. The van der Waals surface area contributed by atoms with E-state index in [0.29, 0.717) is 18.5 Å². The third-order valence-electron chi connectivity index (χ3n) is 2.31. The minimum absolute atomic E-state index is 0.0606. The van der Waals surface area contributed by atoms with Crippen LogP contribution in [0.3, 0.4) is 0 Å². The summed E-state index contributed by atoms with van der Waals surface area (Å²) in [4.78, 5) is 11.5. The second-order valence-electron chi connectivity index (χ2n) is 3.70. The Hall–Kier alpha value is -0.740. The molecule has 1 rings (SSSR count). The lowest BCUT2D eigenvalue weighted by molar-refractivity contribution is -0.118. The lowest BCUT2D eigenvalue weighted by Gasteiger charge is -2.03. The third kappa shape index (κ3) is 4.41. The van der Waals surface area contributed by atoms with Crippen molar-refractivity contribution in [2.75, 3.05) is 6.54 Å². The van der Waals surface area contributed by atoms with Gasteiger partial charge >= 0.3 is 0 Å². The lowest BCUT2D eigenvalue weighted by atomic mass is 10.0. The molecule has 0 amide bonds. The Kier molecular flexibility index (Phi) is 5.63. The molecule has 0 fully saturated rings. The molecule has 0 atom stereocenters. The van der Waals surface area contributed by atoms with Crippen molar-refractivity contribution in [3.8, 4) is 0 Å². The number of benzene rings is 1. The minimum Gasteiger partial charge on any atom is -0.330 e. The highest BCUT2D eigenvalue weighted by Gasteiger charge is 2.08. The summed E-state index contributed by atoms with van der Waals surface area (Å²) >= 11 is 3.26. The monoisotopic (exact) mass is 287 g/mol. The van der Waals surface area contributed by atoms with E-state index in [1.54, 1.807) is 12.1 Å². The smallest absolute Gasteiger partial charge is 0.137 e. The van der Waals surface area contributed by atoms with Crippen LogP contribution in [0.5, 0.6) is 0 Å². The summed E-state index contributed by atoms with van der Waals surface area (Å²) in [5.74, 6) is -0.263. The van der Waals surface area contributed by atoms with Crippen LogP contribution in [-0.4, -0.2) is 12.3 Å². The Morgan fingerprint density at radius 3 is 2.81 bits per heavy atom. The topological polar surface area (TPSA) is 43.1 Å². The second-order valence-corrected chi connectivity index (χ2v) is 4.61. The molecule has 0 spiro atoms. The SMILES string of the molecule is NCCCCC(=O)Cc1cc(Br)ccc1F. The highest BCUT2D eigenvalue weighted by molar-refractivity contribution is 9.10. The Morgan fingerprint density at radius 1 is 1.38 bits per heavy atom. The minimum atomic E-state index is -0.324. The van der Waals surface area contributed by atoms with Gasteiger partial charge in [0.1, 0.15) is 11.6 Å². The lowest BCUT2D eigenvalue weighted by Crippen LogP contribution is -2.06. The van der Waals surface area contributed by atoms with Crippen LogP contribution in [0, 0.1) is 5.82 Å². The van der Waals surface area contributed by atoms with Gasteiger partial charge in [-0.25, -0.2) is 4.39 Å². The van der Waals surface area contributed by atoms with Gasteiger partial charge in [-0.2, -0.15) is 0 Å². The van der Waals surface area contributed by atoms with Crippen LogP contribution in [0.25, 0.3) is 0 Å². The van der Waals surface area contributed by atoms with Crippen LogP contribution in [0.2, 0.25) is 0 Å². The summed E-state index contributed by atoms with van der Waals surface area (Å²) in [7, 11) is 0. The average Bonchev–Trinajstić information content (AvgIpc) is 2.24. The summed E-state index contributed by atoms with van der Waals surface area (Å²) in [6.07, 6.45) is 2.26. The van der Waals surface area contributed by atoms with E-state index in [0.717, 1.165) is 17.3 Å². The molecule has 0 saturated carbocycles. The van der Waals surface area contributed by atoms with Crippen molar-refractivity contribution in [3.05, 3.63) is 34.1 Å². The second kappa shape index (κ2) is 6.76. The van der Waals surface area contributed by atoms with Gasteiger partial charge in [0, 0.05) is 17.3 Å². The molecule has 1 aromatic carbocycles. The summed E-state index contributed by atoms with van der Waals surface area (Å²) in [5.41, 5.74) is 5.78. The number of hydrogen-bond acceptors (Lipinski definition) is 2. The molecule has 0 aliphatic rings. The van der Waals surface area contributed by atoms with E-state index in [1.165, 1.54) is 6.07 Å². The van der Waals surface area contributed by atoms with Gasteiger partial charge in [-0.05, 0) is 43.1 Å². The van der Waals surface area contributed by atoms with Gasteiger partial charge in [0.25, 0.3) is 0 Å². The normalized spacial score (nSPS) is 10.4. The van der Waals surface area contributed by atoms with Crippen LogP contribution >= 0.6 is 15.9 Å². The maximum atomic E-state index is 13.3. The number of halogens is 2. The fourth-order valence-corrected chi connectivity index (χ4v) is 1.85. The van der Waals surface area contributed by atoms with Crippen molar-refractivity contribution in [3.63, 3.8) is 0 Å². The Labute approximate surface area is 103 Å². The van der Waals surface area contributed by atoms with Crippen LogP contribution < -0.4 is 5.73 Å². The maximum absolute atomic E-state index is 13.3. The van der Waals surface area contributed by atoms with Crippen molar-refractivity contribution >= 4 is 21.7 Å². The summed E-state index contributed by atoms with van der Waals surface area (Å²) < 4.78 is 14.1. The molecule has 0 aliphatic carbocycles. The van der Waals surface area contributed by atoms with Gasteiger partial charge in [-0.1, -0.05) is 15.9 Å². The number of unbranched alkanes of at least 4 members (excludes halogenated alkanes) is 1. The molecular formula is C12H15BrFNO. The standard InChI is InChI=1S/C12H15BrFNO/c13-10-4-5-12(14)9(7-10)8-11(16)3-1-2-6-15/h4-5,7H,1-3,6,8,15H2. The van der Waals surface area contributed by atoms with Gasteiger partial charge in [0.05, 0.1) is 0 Å². The third-order valence-corrected chi connectivity index (χ3v) is 2.80. The molecule has 4 heteroatoms. The van der Waals surface area contributed by atoms with Gasteiger partial charge in [-0.15, -0.1) is 0 Å². The number of rotatable bonds is 6. The summed E-state index contributed by atoms with van der Waals surface area (Å²) in [5, 5.41) is 0. The van der Waals surface area contributed by atoms with Crippen molar-refractivity contribution in [1.82, 2.24) is 0 Å². The highest BCUT2D eigenvalue weighted by atomic mass is 79.9. The molecule has 0 radical (unpaired) electrons. The number of carbonyl (C=O) groups is 1. The molecular weight excluding hydrogens is 273 g/mol. The average molecular weight is 288 g/mol. The molecule has 0 heterocycles. The zero-order valence-electron chi connectivity index (χ0n) is 9.01. The molecule has 88 valence electrons. The van der Waals surface area contributed by atoms with Gasteiger partial charge in [0.15, 0.2) is 0 Å². The molecule has 0 saturated heterocycles. The van der Waals surface area contributed by atoms with E-state index in [2.05, 4.69) is 15.9 Å². The van der Waals surface area contributed by atoms with E-state index >= 15 is 0 Å². The maximum Gasteiger partial charge on any atom is 0.137 e. The molecule has 0 aliphatic heterocycles. The van der Waals surface area contributed by atoms with Crippen LogP contribution in [0.15, 0.2) is 22.7 Å². The summed E-state index contributed by atoms with van der Waals surface area (Å²) in [6.45, 7) is 0.596. The van der Waals surface area contributed by atoms with Gasteiger partial charge < -0.3 is 5.73 Å². The molecule has 2 nitrogen and oxygen atoms in total. The number of Topliss-reactive ketones (excluding diaryl/α,β-unsaturated/α-hetero) is 1. The van der Waals surface area contributed by atoms with E-state index in [9.17, 15) is 9.18 Å². The van der Waals surface area contributed by atoms with Crippen molar-refractivity contribution in [2.45, 2.75) is 25.7 Å². The van der Waals surface area contributed by atoms with E-state index in [4.69, 9.17) is 5.73 Å². The Morgan fingerprint density at radius 2 is 2.12 bits per heavy atom. The van der Waals surface area contributed by atoms with Crippen LogP contribution in [0.4, 0.5) is 4.39 Å². The zero-order chi connectivity index (χ0) is 12.0. The first kappa shape index (κ1) is 13.3. The zero-order valence-corrected chi connectivity index (χ0v) is 10.6. The first-order valence-corrected chi connectivity index (χ1v) is 6.08. The van der Waals surface area contributed by atoms with Gasteiger partial charge in [0.2, 0.25) is 0 Å². The predicted octanol–water partition coefficient (Wildman–Crippen LogP) is 2.83. The fourth-order valence-electron chi connectivity index (χ4n) is 1.45. The first-order chi connectivity index (χ1) is 7.63. The Bertz CT molecular complexity index is 368. The van der Waals surface area contributed by atoms with E-state index in [1.807, 2.05) is 0 Å². The van der Waals surface area contributed by atoms with Gasteiger partial charge in [-0.3, -0.25) is 4.79 Å². The quantitative estimate of drug-likeness (QED) is 0.818. The molecule has 16 heavy (non-hydrogen) atoms. The predicted molar refractivity (Wildman–Crippen MR) is 65.7 cm³/mol. The summed E-state index contributed by atoms with van der Waals surface area (Å²) in [6, 6.07) is 4.64. The van der Waals surface area contributed by atoms with Crippen LogP contribution in [-0.2, 0) is 11.2 Å². The largest absolute Gasteiger partial charge is 0.330 e. The highest BCUT2D eigenvalue weighted by Crippen LogP contribution is 2.16. The van der Waals surface area contributed by atoms with Crippen LogP contribution in [0.1, 0.15) is 24.8 Å².